The fraction of sp³-hybridized carbons (Fsp3) is 0.667. The minimum absolute atomic E-state index is 0.143. The largest absolute Gasteiger partial charge is 0.508 e. The number of carbonyl (C=O) groups is 3. The Morgan fingerprint density at radius 3 is 2.49 bits per heavy atom. The monoisotopic (exact) mass is 487 g/mol. The molecule has 0 spiro atoms. The number of esters is 1. The molecular formula is C27H41N3O5. The predicted molar refractivity (Wildman–Crippen MR) is 134 cm³/mol. The molecule has 8 heteroatoms. The third-order valence-electron chi connectivity index (χ3n) is 7.69. The van der Waals surface area contributed by atoms with Crippen molar-refractivity contribution in [3.05, 3.63) is 29.3 Å². The molecule has 1 saturated heterocycles. The van der Waals surface area contributed by atoms with E-state index in [9.17, 15) is 19.5 Å². The number of nitrogens with zero attached hydrogens (tertiary/aromatic N) is 2. The molecule has 2 aliphatic rings. The molecule has 1 aliphatic heterocycles. The molecule has 1 aliphatic carbocycles. The number of likely N-dealkylation sites (tertiary alicyclic amines) is 1. The number of phenolic OH excluding ortho intramolecular Hbond substituents is 1. The van der Waals surface area contributed by atoms with Gasteiger partial charge in [0.05, 0.1) is 13.0 Å². The highest BCUT2D eigenvalue weighted by atomic mass is 16.5. The smallest absolute Gasteiger partial charge is 0.310 e. The van der Waals surface area contributed by atoms with Crippen molar-refractivity contribution in [2.75, 3.05) is 20.7 Å². The highest BCUT2D eigenvalue weighted by Gasteiger charge is 2.45. The minimum atomic E-state index is -0.635. The van der Waals surface area contributed by atoms with E-state index in [4.69, 9.17) is 4.74 Å². The van der Waals surface area contributed by atoms with Gasteiger partial charge in [0.15, 0.2) is 0 Å². The fourth-order valence-corrected chi connectivity index (χ4v) is 5.39. The number of rotatable bonds is 6. The molecule has 2 N–H and O–H groups in total. The molecule has 0 unspecified atom stereocenters. The van der Waals surface area contributed by atoms with Crippen molar-refractivity contribution in [2.24, 2.45) is 5.92 Å². The lowest BCUT2D eigenvalue weighted by atomic mass is 9.80. The van der Waals surface area contributed by atoms with Crippen LogP contribution in [0.25, 0.3) is 0 Å². The normalized spacial score (nSPS) is 25.3. The Kier molecular flexibility index (Phi) is 8.14. The lowest BCUT2D eigenvalue weighted by molar-refractivity contribution is -0.152. The van der Waals surface area contributed by atoms with Crippen LogP contribution in [0.4, 0.5) is 0 Å². The van der Waals surface area contributed by atoms with E-state index in [1.54, 1.807) is 17.0 Å². The number of amides is 2. The molecule has 2 amide bonds. The number of phenols is 1. The van der Waals surface area contributed by atoms with Gasteiger partial charge in [-0.2, -0.15) is 0 Å². The van der Waals surface area contributed by atoms with E-state index in [0.717, 1.165) is 12.8 Å². The highest BCUT2D eigenvalue weighted by molar-refractivity contribution is 5.98. The number of aromatic hydroxyl groups is 1. The SMILES string of the molecule is COC(=O)[C@H]1C[C@H](N(C)C(C)C)CC[C@@H]1N1CC[C@H](NC(=O)c2ccc(O)c(C(C)(C)C)c2)C1=O. The molecule has 1 aromatic carbocycles. The molecule has 4 atom stereocenters. The molecular weight excluding hydrogens is 446 g/mol. The van der Waals surface area contributed by atoms with Crippen LogP contribution in [-0.4, -0.2) is 77.6 Å². The maximum absolute atomic E-state index is 13.3. The van der Waals surface area contributed by atoms with Gasteiger partial charge < -0.3 is 25.0 Å². The van der Waals surface area contributed by atoms with Crippen molar-refractivity contribution < 1.29 is 24.2 Å². The van der Waals surface area contributed by atoms with Crippen molar-refractivity contribution in [3.8, 4) is 5.75 Å². The molecule has 8 nitrogen and oxygen atoms in total. The lowest BCUT2D eigenvalue weighted by Crippen LogP contribution is -2.53. The summed E-state index contributed by atoms with van der Waals surface area (Å²) in [6.45, 7) is 10.7. The van der Waals surface area contributed by atoms with Crippen LogP contribution < -0.4 is 5.32 Å². The number of hydrogen-bond acceptors (Lipinski definition) is 6. The van der Waals surface area contributed by atoms with Crippen LogP contribution in [0.1, 0.15) is 76.2 Å². The number of benzene rings is 1. The van der Waals surface area contributed by atoms with E-state index < -0.39 is 6.04 Å². The zero-order chi connectivity index (χ0) is 26.1. The molecule has 194 valence electrons. The Labute approximate surface area is 209 Å². The Morgan fingerprint density at radius 1 is 1.20 bits per heavy atom. The third kappa shape index (κ3) is 5.80. The molecule has 35 heavy (non-hydrogen) atoms. The first kappa shape index (κ1) is 27.0. The second kappa shape index (κ2) is 10.6. The van der Waals surface area contributed by atoms with Gasteiger partial charge in [-0.25, -0.2) is 0 Å². The predicted octanol–water partition coefficient (Wildman–Crippen LogP) is 3.07. The highest BCUT2D eigenvalue weighted by Crippen LogP contribution is 2.35. The van der Waals surface area contributed by atoms with Gasteiger partial charge in [0, 0.05) is 35.8 Å². The van der Waals surface area contributed by atoms with Gasteiger partial charge in [0.1, 0.15) is 11.8 Å². The number of ether oxygens (including phenoxy) is 1. The zero-order valence-electron chi connectivity index (χ0n) is 22.1. The van der Waals surface area contributed by atoms with Crippen LogP contribution in [0.2, 0.25) is 0 Å². The second-order valence-corrected chi connectivity index (χ2v) is 11.3. The van der Waals surface area contributed by atoms with Crippen LogP contribution in [0, 0.1) is 5.92 Å². The average molecular weight is 488 g/mol. The van der Waals surface area contributed by atoms with Gasteiger partial charge in [-0.15, -0.1) is 0 Å². The van der Waals surface area contributed by atoms with Crippen molar-refractivity contribution >= 4 is 17.8 Å². The second-order valence-electron chi connectivity index (χ2n) is 11.3. The van der Waals surface area contributed by atoms with Crippen LogP contribution in [0.5, 0.6) is 5.75 Å². The maximum Gasteiger partial charge on any atom is 0.310 e. The molecule has 1 aromatic rings. The van der Waals surface area contributed by atoms with E-state index >= 15 is 0 Å². The summed E-state index contributed by atoms with van der Waals surface area (Å²) in [5.41, 5.74) is 0.753. The van der Waals surface area contributed by atoms with E-state index in [-0.39, 0.29) is 46.9 Å². The summed E-state index contributed by atoms with van der Waals surface area (Å²) in [5, 5.41) is 13.1. The standard InChI is InChI=1S/C27H41N3O5/c1-16(2)29(6)18-9-10-22(19(15-18)26(34)35-7)30-13-12-21(25(30)33)28-24(32)17-8-11-23(31)20(14-17)27(3,4)5/h8,11,14,16,18-19,21-22,31H,9-10,12-13,15H2,1-7H3,(H,28,32)/t18-,19+,21+,22+/m1/s1. The first-order chi connectivity index (χ1) is 16.3. The van der Waals surface area contributed by atoms with E-state index in [1.165, 1.54) is 13.2 Å². The Bertz CT molecular complexity index is 955. The first-order valence-corrected chi connectivity index (χ1v) is 12.6. The Morgan fingerprint density at radius 2 is 1.89 bits per heavy atom. The molecule has 0 radical (unpaired) electrons. The summed E-state index contributed by atoms with van der Waals surface area (Å²) in [4.78, 5) is 43.1. The van der Waals surface area contributed by atoms with E-state index in [1.807, 2.05) is 20.8 Å². The molecule has 0 aromatic heterocycles. The van der Waals surface area contributed by atoms with Gasteiger partial charge in [-0.05, 0) is 70.2 Å². The van der Waals surface area contributed by atoms with Gasteiger partial charge >= 0.3 is 5.97 Å². The summed E-state index contributed by atoms with van der Waals surface area (Å²) < 4.78 is 5.12. The molecule has 2 fully saturated rings. The number of nitrogens with one attached hydrogen (secondary N) is 1. The number of carbonyl (C=O) groups excluding carboxylic acids is 3. The van der Waals surface area contributed by atoms with Crippen molar-refractivity contribution in [1.29, 1.82) is 0 Å². The molecule has 1 saturated carbocycles. The van der Waals surface area contributed by atoms with Crippen molar-refractivity contribution in [1.82, 2.24) is 15.1 Å². The first-order valence-electron chi connectivity index (χ1n) is 12.6. The quantitative estimate of drug-likeness (QED) is 0.599. The zero-order valence-corrected chi connectivity index (χ0v) is 22.1. The van der Waals surface area contributed by atoms with E-state index in [2.05, 4.69) is 31.1 Å². The molecule has 1 heterocycles. The molecule has 0 bridgehead atoms. The average Bonchev–Trinajstić information content (AvgIpc) is 3.16. The van der Waals surface area contributed by atoms with E-state index in [0.29, 0.717) is 36.6 Å². The van der Waals surface area contributed by atoms with Gasteiger partial charge in [0.2, 0.25) is 5.91 Å². The summed E-state index contributed by atoms with van der Waals surface area (Å²) in [6.07, 6.45) is 2.77. The summed E-state index contributed by atoms with van der Waals surface area (Å²) in [7, 11) is 3.47. The van der Waals surface area contributed by atoms with Gasteiger partial charge in [-0.3, -0.25) is 14.4 Å². The van der Waals surface area contributed by atoms with Gasteiger partial charge in [0.25, 0.3) is 5.91 Å². The molecule has 3 rings (SSSR count). The van der Waals surface area contributed by atoms with Crippen molar-refractivity contribution in [2.45, 2.75) is 89.9 Å². The number of methoxy groups -OCH3 is 1. The van der Waals surface area contributed by atoms with Crippen LogP contribution in [0.3, 0.4) is 0 Å². The number of hydrogen-bond donors (Lipinski definition) is 2. The third-order valence-corrected chi connectivity index (χ3v) is 7.69. The van der Waals surface area contributed by atoms with Gasteiger partial charge in [-0.1, -0.05) is 20.8 Å². The summed E-state index contributed by atoms with van der Waals surface area (Å²) in [5.74, 6) is -1.02. The van der Waals surface area contributed by atoms with Crippen molar-refractivity contribution in [3.63, 3.8) is 0 Å². The fourth-order valence-electron chi connectivity index (χ4n) is 5.39. The van der Waals surface area contributed by atoms with Crippen LogP contribution in [-0.2, 0) is 19.7 Å². The van der Waals surface area contributed by atoms with Crippen LogP contribution in [0.15, 0.2) is 18.2 Å². The minimum Gasteiger partial charge on any atom is -0.508 e. The Balaban J connectivity index is 1.72. The maximum atomic E-state index is 13.3. The lowest BCUT2D eigenvalue weighted by Gasteiger charge is -2.43. The summed E-state index contributed by atoms with van der Waals surface area (Å²) >= 11 is 0. The Hall–Kier alpha value is -2.61. The van der Waals surface area contributed by atoms with Crippen LogP contribution >= 0.6 is 0 Å². The topological polar surface area (TPSA) is 99.2 Å². The summed E-state index contributed by atoms with van der Waals surface area (Å²) in [6, 6.07) is 4.53.